The van der Waals surface area contributed by atoms with Crippen LogP contribution in [0.4, 0.5) is 8.78 Å². The number of aromatic amines is 4. The average Bonchev–Trinajstić information content (AvgIpc) is 4.05. The number of likely N-dealkylation sites (tertiary alicyclic amines) is 1. The van der Waals surface area contributed by atoms with Crippen LogP contribution in [-0.2, 0) is 0 Å². The molecule has 0 aliphatic carbocycles. The highest BCUT2D eigenvalue weighted by Gasteiger charge is 2.20. The molecule has 1 aliphatic heterocycles. The molecule has 4 N–H and O–H groups in total. The predicted molar refractivity (Wildman–Crippen MR) is 245 cm³/mol. The van der Waals surface area contributed by atoms with Crippen molar-refractivity contribution in [3.63, 3.8) is 0 Å². The van der Waals surface area contributed by atoms with E-state index in [1.807, 2.05) is 19.0 Å². The Hall–Kier alpha value is -5.14. The Kier molecular flexibility index (Phi) is 9.99. The fraction of sp³-hybridized carbons (Fsp3) is 0.234. The van der Waals surface area contributed by atoms with E-state index in [9.17, 15) is 8.78 Å². The third-order valence-corrected chi connectivity index (χ3v) is 12.5. The van der Waals surface area contributed by atoms with E-state index >= 15 is 0 Å². The molecule has 0 spiro atoms. The second-order valence-electron chi connectivity index (χ2n) is 15.8. The Balaban J connectivity index is 0.000000143. The van der Waals surface area contributed by atoms with Crippen LogP contribution in [0.3, 0.4) is 0 Å². The topological polar surface area (TPSA) is 88.1 Å². The maximum absolute atomic E-state index is 13.7. The van der Waals surface area contributed by atoms with Gasteiger partial charge in [0.2, 0.25) is 0 Å². The van der Waals surface area contributed by atoms with Crippen LogP contribution < -0.4 is 9.47 Å². The van der Waals surface area contributed by atoms with Crippen LogP contribution in [-0.4, -0.2) is 83.2 Å². The highest BCUT2D eigenvalue weighted by Crippen LogP contribution is 2.43. The van der Waals surface area contributed by atoms with Gasteiger partial charge >= 0.3 is 0 Å². The molecule has 12 heteroatoms. The van der Waals surface area contributed by atoms with Gasteiger partial charge in [-0.2, -0.15) is 0 Å². The Labute approximate surface area is 355 Å². The molecule has 10 aromatic rings. The van der Waals surface area contributed by atoms with Crippen molar-refractivity contribution in [2.24, 2.45) is 0 Å². The number of hydrogen-bond donors (Lipinski definition) is 4. The van der Waals surface area contributed by atoms with E-state index in [0.717, 1.165) is 99.9 Å². The standard InChI is InChI=1S/C25H23Br2N3O.C22H19F2N3O/c26-15-4-6-21-17(12-15)19-14-20-18-13-16(27)5-7-22(18)29-24(20)25(23(19)28-21)31-11-3-10-30-8-1-2-9-30;1-27(2)7-8-28-22-20-16(14-5-3-12(23)9-18(14)25-20)11-17-15-6-4-13(24)10-19(15)26-21(17)22/h4-7,12-14,28-29H,1-3,8-11H2;3-6,9-11,25-26H,7-8H2,1-2H3. The number of H-pyrrole nitrogens is 4. The van der Waals surface area contributed by atoms with Crippen molar-refractivity contribution < 1.29 is 18.3 Å². The first kappa shape index (κ1) is 38.1. The second-order valence-corrected chi connectivity index (χ2v) is 17.6. The van der Waals surface area contributed by atoms with Crippen LogP contribution in [0, 0.1) is 11.6 Å². The molecule has 0 unspecified atom stereocenters. The molecule has 5 heterocycles. The quantitative estimate of drug-likeness (QED) is 0.109. The maximum Gasteiger partial charge on any atom is 0.167 e. The number of likely N-dealkylation sites (N-methyl/N-ethyl adjacent to an activating group) is 1. The molecular weight excluding hydrogens is 878 g/mol. The van der Waals surface area contributed by atoms with Gasteiger partial charge in [0.25, 0.3) is 0 Å². The molecule has 59 heavy (non-hydrogen) atoms. The molecule has 4 aromatic heterocycles. The van der Waals surface area contributed by atoms with Gasteiger partial charge in [0.15, 0.2) is 11.5 Å². The summed E-state index contributed by atoms with van der Waals surface area (Å²) in [6, 6.07) is 26.5. The molecule has 0 radical (unpaired) electrons. The van der Waals surface area contributed by atoms with Gasteiger partial charge in [0, 0.05) is 87.2 Å². The van der Waals surface area contributed by atoms with Crippen LogP contribution in [0.15, 0.2) is 93.9 Å². The van der Waals surface area contributed by atoms with Gasteiger partial charge in [-0.1, -0.05) is 31.9 Å². The molecule has 0 amide bonds. The molecule has 8 nitrogen and oxygen atoms in total. The number of benzene rings is 6. The molecule has 11 rings (SSSR count). The zero-order valence-corrected chi connectivity index (χ0v) is 35.8. The van der Waals surface area contributed by atoms with Crippen molar-refractivity contribution in [1.82, 2.24) is 29.7 Å². The minimum Gasteiger partial charge on any atom is -0.489 e. The van der Waals surface area contributed by atoms with Crippen molar-refractivity contribution in [1.29, 1.82) is 0 Å². The van der Waals surface area contributed by atoms with E-state index in [4.69, 9.17) is 9.47 Å². The Morgan fingerprint density at radius 3 is 1.49 bits per heavy atom. The lowest BCUT2D eigenvalue weighted by Crippen LogP contribution is -2.21. The van der Waals surface area contributed by atoms with Crippen LogP contribution >= 0.6 is 31.9 Å². The summed E-state index contributed by atoms with van der Waals surface area (Å²) in [7, 11) is 3.97. The van der Waals surface area contributed by atoms with Crippen molar-refractivity contribution in [2.75, 3.05) is 53.5 Å². The average molecular weight is 921 g/mol. The monoisotopic (exact) mass is 918 g/mol. The van der Waals surface area contributed by atoms with E-state index in [1.54, 1.807) is 12.1 Å². The Bertz CT molecular complexity index is 3020. The number of hydrogen-bond acceptors (Lipinski definition) is 4. The zero-order chi connectivity index (χ0) is 40.4. The van der Waals surface area contributed by atoms with Crippen molar-refractivity contribution in [3.8, 4) is 11.5 Å². The highest BCUT2D eigenvalue weighted by atomic mass is 79.9. The van der Waals surface area contributed by atoms with E-state index in [1.165, 1.54) is 71.7 Å². The highest BCUT2D eigenvalue weighted by molar-refractivity contribution is 9.10. The minimum absolute atomic E-state index is 0.291. The first-order chi connectivity index (χ1) is 28.7. The lowest BCUT2D eigenvalue weighted by Gasteiger charge is -2.15. The molecular formula is C47H42Br2F2N6O2. The van der Waals surface area contributed by atoms with Gasteiger partial charge in [0.05, 0.1) is 28.7 Å². The number of nitrogens with zero attached hydrogens (tertiary/aromatic N) is 2. The van der Waals surface area contributed by atoms with Gasteiger partial charge in [-0.05, 0) is 131 Å². The number of aromatic nitrogens is 4. The van der Waals surface area contributed by atoms with Crippen LogP contribution in [0.5, 0.6) is 11.5 Å². The Morgan fingerprint density at radius 1 is 0.542 bits per heavy atom. The fourth-order valence-corrected chi connectivity index (χ4v) is 9.42. The summed E-state index contributed by atoms with van der Waals surface area (Å²) in [6.45, 7) is 5.53. The first-order valence-corrected chi connectivity index (χ1v) is 21.6. The maximum atomic E-state index is 13.7. The number of fused-ring (bicyclic) bond motifs is 12. The molecule has 0 atom stereocenters. The van der Waals surface area contributed by atoms with E-state index < -0.39 is 0 Å². The largest absolute Gasteiger partial charge is 0.489 e. The predicted octanol–water partition coefficient (Wildman–Crippen LogP) is 12.5. The molecule has 1 aliphatic rings. The van der Waals surface area contributed by atoms with Crippen LogP contribution in [0.1, 0.15) is 19.3 Å². The molecule has 0 bridgehead atoms. The van der Waals surface area contributed by atoms with Crippen molar-refractivity contribution in [3.05, 3.63) is 106 Å². The lowest BCUT2D eigenvalue weighted by molar-refractivity contribution is 0.265. The van der Waals surface area contributed by atoms with Gasteiger partial charge in [-0.15, -0.1) is 0 Å². The van der Waals surface area contributed by atoms with Gasteiger partial charge < -0.3 is 39.2 Å². The third-order valence-electron chi connectivity index (χ3n) is 11.5. The zero-order valence-electron chi connectivity index (χ0n) is 32.7. The number of halogens is 4. The summed E-state index contributed by atoms with van der Waals surface area (Å²) in [5, 5.41) is 8.55. The first-order valence-electron chi connectivity index (χ1n) is 20.0. The summed E-state index contributed by atoms with van der Waals surface area (Å²) >= 11 is 7.27. The normalized spacial score (nSPS) is 13.7. The molecule has 1 fully saturated rings. The molecule has 1 saturated heterocycles. The number of rotatable bonds is 9. The van der Waals surface area contributed by atoms with Crippen molar-refractivity contribution in [2.45, 2.75) is 19.3 Å². The summed E-state index contributed by atoms with van der Waals surface area (Å²) in [4.78, 5) is 18.4. The van der Waals surface area contributed by atoms with Crippen molar-refractivity contribution >= 4 is 119 Å². The summed E-state index contributed by atoms with van der Waals surface area (Å²) in [6.07, 6.45) is 3.70. The molecule has 6 aromatic carbocycles. The SMILES string of the molecule is Brc1ccc2[nH]c3c(OCCCN4CCCC4)c4[nH]c5ccc(Br)cc5c4cc3c2c1.CN(C)CCOc1c2[nH]c3cc(F)ccc3c2cc2c1[nH]c1cc(F)ccc12. The van der Waals surface area contributed by atoms with Gasteiger partial charge in [0.1, 0.15) is 18.2 Å². The van der Waals surface area contributed by atoms with E-state index in [2.05, 4.69) is 105 Å². The van der Waals surface area contributed by atoms with Gasteiger partial charge in [-0.3, -0.25) is 0 Å². The summed E-state index contributed by atoms with van der Waals surface area (Å²) in [5.41, 5.74) is 7.42. The summed E-state index contributed by atoms with van der Waals surface area (Å²) in [5.74, 6) is 1.01. The van der Waals surface area contributed by atoms with Gasteiger partial charge in [-0.25, -0.2) is 8.78 Å². The summed E-state index contributed by atoms with van der Waals surface area (Å²) < 4.78 is 42.3. The number of ether oxygens (including phenoxy) is 2. The molecule has 300 valence electrons. The lowest BCUT2D eigenvalue weighted by atomic mass is 10.1. The van der Waals surface area contributed by atoms with Crippen LogP contribution in [0.25, 0.3) is 87.2 Å². The van der Waals surface area contributed by atoms with E-state index in [-0.39, 0.29) is 11.6 Å². The fourth-order valence-electron chi connectivity index (χ4n) is 8.70. The van der Waals surface area contributed by atoms with Crippen LogP contribution in [0.2, 0.25) is 0 Å². The second kappa shape index (κ2) is 15.5. The third kappa shape index (κ3) is 7.09. The number of nitrogens with one attached hydrogen (secondary N) is 4. The minimum atomic E-state index is -0.291. The Morgan fingerprint density at radius 2 is 1.00 bits per heavy atom. The smallest absolute Gasteiger partial charge is 0.167 e. The molecule has 0 saturated carbocycles. The van der Waals surface area contributed by atoms with E-state index in [0.29, 0.717) is 19.0 Å².